The number of phenolic OH excluding ortho intramolecular Hbond substituents is 1. The highest BCUT2D eigenvalue weighted by molar-refractivity contribution is 7.99. The van der Waals surface area contributed by atoms with Crippen LogP contribution in [0.5, 0.6) is 5.75 Å². The molecule has 1 unspecified atom stereocenters. The van der Waals surface area contributed by atoms with Crippen molar-refractivity contribution >= 4 is 29.3 Å². The molecule has 9 heteroatoms. The third-order valence-electron chi connectivity index (χ3n) is 6.20. The molecule has 3 N–H and O–H groups in total. The number of hydrogen-bond donors (Lipinski definition) is 2. The highest BCUT2D eigenvalue weighted by atomic mass is 32.2. The quantitative estimate of drug-likeness (QED) is 0.423. The zero-order valence-corrected chi connectivity index (χ0v) is 21.2. The van der Waals surface area contributed by atoms with E-state index in [-0.39, 0.29) is 24.2 Å². The Kier molecular flexibility index (Phi) is 8.67. The second kappa shape index (κ2) is 11.9. The Labute approximate surface area is 211 Å². The third-order valence-corrected chi connectivity index (χ3v) is 7.33. The van der Waals surface area contributed by atoms with Crippen molar-refractivity contribution in [2.24, 2.45) is 16.6 Å². The molecule has 0 radical (unpaired) electrons. The molecule has 2 aliphatic rings. The van der Waals surface area contributed by atoms with E-state index in [1.54, 1.807) is 23.9 Å². The number of piperazine rings is 1. The summed E-state index contributed by atoms with van der Waals surface area (Å²) >= 11 is 1.64. The van der Waals surface area contributed by atoms with Gasteiger partial charge in [-0.05, 0) is 30.2 Å². The van der Waals surface area contributed by atoms with Crippen LogP contribution in [0, 0.1) is 5.92 Å². The highest BCUT2D eigenvalue weighted by Gasteiger charge is 2.25. The van der Waals surface area contributed by atoms with Crippen molar-refractivity contribution in [2.75, 3.05) is 52.5 Å². The molecule has 0 aromatic heterocycles. The molecule has 2 aromatic carbocycles. The molecule has 1 saturated heterocycles. The van der Waals surface area contributed by atoms with Gasteiger partial charge in [0.1, 0.15) is 24.2 Å². The fraction of sp³-hybridized carbons (Fsp3) is 0.462. The summed E-state index contributed by atoms with van der Waals surface area (Å²) in [5.74, 6) is 0.914. The van der Waals surface area contributed by atoms with Crippen LogP contribution in [0.4, 0.5) is 5.69 Å². The summed E-state index contributed by atoms with van der Waals surface area (Å²) in [4.78, 5) is 23.6. The maximum absolute atomic E-state index is 11.8. The van der Waals surface area contributed by atoms with Gasteiger partial charge in [-0.3, -0.25) is 9.69 Å². The Bertz CT molecular complexity index is 1050. The standard InChI is InChI=1S/C26H34N4O4S/c1-18(2)24(27)26(32)34-16-15-33-14-13-29-9-11-30(12-10-29)25-20-5-3-4-6-22(20)35-23-17-19(31)7-8-21(23)28-25/h3-8,17-18,24,31H,9-16,27H2,1-2H3. The Balaban J connectivity index is 1.27. The molecule has 0 spiro atoms. The zero-order valence-electron chi connectivity index (χ0n) is 20.4. The molecule has 0 bridgehead atoms. The fourth-order valence-electron chi connectivity index (χ4n) is 4.00. The Morgan fingerprint density at radius 3 is 2.63 bits per heavy atom. The Morgan fingerprint density at radius 1 is 1.09 bits per heavy atom. The molecular weight excluding hydrogens is 464 g/mol. The van der Waals surface area contributed by atoms with E-state index in [4.69, 9.17) is 20.2 Å². The number of nitrogens with zero attached hydrogens (tertiary/aromatic N) is 3. The molecule has 0 amide bonds. The van der Waals surface area contributed by atoms with Gasteiger partial charge in [-0.25, -0.2) is 4.99 Å². The van der Waals surface area contributed by atoms with Crippen LogP contribution in [0.2, 0.25) is 0 Å². The van der Waals surface area contributed by atoms with Crippen LogP contribution < -0.4 is 5.73 Å². The number of rotatable bonds is 8. The predicted octanol–water partition coefficient (Wildman–Crippen LogP) is 3.10. The Morgan fingerprint density at radius 2 is 1.86 bits per heavy atom. The van der Waals surface area contributed by atoms with Gasteiger partial charge in [-0.1, -0.05) is 43.8 Å². The lowest BCUT2D eigenvalue weighted by atomic mass is 10.1. The number of carbonyl (C=O) groups is 1. The van der Waals surface area contributed by atoms with Crippen LogP contribution in [0.3, 0.4) is 0 Å². The van der Waals surface area contributed by atoms with Crippen LogP contribution in [-0.2, 0) is 14.3 Å². The predicted molar refractivity (Wildman–Crippen MR) is 137 cm³/mol. The SMILES string of the molecule is CC(C)C(N)C(=O)OCCOCCN1CCN(C2=Nc3ccc(O)cc3Sc3ccccc32)CC1. The van der Waals surface area contributed by atoms with E-state index in [1.807, 2.05) is 32.0 Å². The zero-order chi connectivity index (χ0) is 24.8. The number of amidine groups is 1. The molecule has 1 atom stereocenters. The van der Waals surface area contributed by atoms with Crippen LogP contribution >= 0.6 is 11.8 Å². The second-order valence-electron chi connectivity index (χ2n) is 9.06. The number of carbonyl (C=O) groups excluding carboxylic acids is 1. The monoisotopic (exact) mass is 498 g/mol. The molecule has 2 aliphatic heterocycles. The summed E-state index contributed by atoms with van der Waals surface area (Å²) in [6, 6.07) is 13.1. The lowest BCUT2D eigenvalue weighted by Gasteiger charge is -2.36. The number of aromatic hydroxyl groups is 1. The summed E-state index contributed by atoms with van der Waals surface area (Å²) in [5.41, 5.74) is 7.78. The molecule has 188 valence electrons. The number of aliphatic imine (C=N–C) groups is 1. The van der Waals surface area contributed by atoms with Gasteiger partial charge in [0.2, 0.25) is 0 Å². The van der Waals surface area contributed by atoms with Gasteiger partial charge >= 0.3 is 5.97 Å². The smallest absolute Gasteiger partial charge is 0.323 e. The van der Waals surface area contributed by atoms with Gasteiger partial charge in [-0.15, -0.1) is 0 Å². The normalized spacial score (nSPS) is 16.8. The molecule has 0 aliphatic carbocycles. The average molecular weight is 499 g/mol. The summed E-state index contributed by atoms with van der Waals surface area (Å²) in [7, 11) is 0. The van der Waals surface area contributed by atoms with Crippen molar-refractivity contribution in [2.45, 2.75) is 29.7 Å². The van der Waals surface area contributed by atoms with E-state index in [2.05, 4.69) is 21.9 Å². The summed E-state index contributed by atoms with van der Waals surface area (Å²) in [6.07, 6.45) is 0. The third kappa shape index (κ3) is 6.55. The minimum atomic E-state index is -0.587. The van der Waals surface area contributed by atoms with Crippen LogP contribution in [-0.4, -0.2) is 85.3 Å². The molecule has 35 heavy (non-hydrogen) atoms. The number of benzene rings is 2. The molecule has 8 nitrogen and oxygen atoms in total. The van der Waals surface area contributed by atoms with Gasteiger partial charge in [0.25, 0.3) is 0 Å². The second-order valence-corrected chi connectivity index (χ2v) is 10.1. The summed E-state index contributed by atoms with van der Waals surface area (Å²) in [5, 5.41) is 9.94. The Hall–Kier alpha value is -2.59. The van der Waals surface area contributed by atoms with Crippen LogP contribution in [0.15, 0.2) is 57.2 Å². The maximum Gasteiger partial charge on any atom is 0.323 e. The first-order valence-electron chi connectivity index (χ1n) is 12.1. The van der Waals surface area contributed by atoms with Crippen molar-refractivity contribution in [3.8, 4) is 5.75 Å². The van der Waals surface area contributed by atoms with Crippen molar-refractivity contribution < 1.29 is 19.4 Å². The van der Waals surface area contributed by atoms with E-state index in [1.165, 1.54) is 0 Å². The number of ether oxygens (including phenoxy) is 2. The van der Waals surface area contributed by atoms with Gasteiger partial charge < -0.3 is 25.2 Å². The first-order valence-corrected chi connectivity index (χ1v) is 12.9. The van der Waals surface area contributed by atoms with Crippen molar-refractivity contribution in [3.63, 3.8) is 0 Å². The molecule has 2 aromatic rings. The average Bonchev–Trinajstić information content (AvgIpc) is 3.02. The fourth-order valence-corrected chi connectivity index (χ4v) is 5.05. The van der Waals surface area contributed by atoms with E-state index < -0.39 is 6.04 Å². The van der Waals surface area contributed by atoms with E-state index in [0.29, 0.717) is 13.2 Å². The largest absolute Gasteiger partial charge is 0.508 e. The highest BCUT2D eigenvalue weighted by Crippen LogP contribution is 2.42. The van der Waals surface area contributed by atoms with Crippen molar-refractivity contribution in [1.29, 1.82) is 0 Å². The first kappa shape index (κ1) is 25.5. The van der Waals surface area contributed by atoms with Gasteiger partial charge in [0.15, 0.2) is 0 Å². The molecule has 1 fully saturated rings. The summed E-state index contributed by atoms with van der Waals surface area (Å²) in [6.45, 7) is 9.38. The molecule has 4 rings (SSSR count). The number of esters is 1. The molecule has 2 heterocycles. The molecular formula is C26H34N4O4S. The number of nitrogens with two attached hydrogens (primary N) is 1. The first-order chi connectivity index (χ1) is 16.9. The minimum Gasteiger partial charge on any atom is -0.508 e. The van der Waals surface area contributed by atoms with Crippen LogP contribution in [0.1, 0.15) is 19.4 Å². The van der Waals surface area contributed by atoms with Crippen LogP contribution in [0.25, 0.3) is 0 Å². The van der Waals surface area contributed by atoms with Crippen molar-refractivity contribution in [3.05, 3.63) is 48.0 Å². The van der Waals surface area contributed by atoms with E-state index in [9.17, 15) is 9.90 Å². The van der Waals surface area contributed by atoms with E-state index >= 15 is 0 Å². The number of hydrogen-bond acceptors (Lipinski definition) is 9. The molecule has 0 saturated carbocycles. The van der Waals surface area contributed by atoms with Gasteiger partial charge in [0, 0.05) is 48.1 Å². The lowest BCUT2D eigenvalue weighted by Crippen LogP contribution is -2.49. The topological polar surface area (TPSA) is 101 Å². The van der Waals surface area contributed by atoms with Gasteiger partial charge in [-0.2, -0.15) is 0 Å². The van der Waals surface area contributed by atoms with Gasteiger partial charge in [0.05, 0.1) is 18.9 Å². The maximum atomic E-state index is 11.8. The lowest BCUT2D eigenvalue weighted by molar-refractivity contribution is -0.147. The number of phenols is 1. The van der Waals surface area contributed by atoms with E-state index in [0.717, 1.165) is 59.6 Å². The minimum absolute atomic E-state index is 0.0569. The summed E-state index contributed by atoms with van der Waals surface area (Å²) < 4.78 is 10.8. The van der Waals surface area contributed by atoms with Crippen molar-refractivity contribution in [1.82, 2.24) is 9.80 Å². The number of fused-ring (bicyclic) bond motifs is 2.